The lowest BCUT2D eigenvalue weighted by molar-refractivity contribution is -0.118. The first-order chi connectivity index (χ1) is 6.62. The second-order valence-corrected chi connectivity index (χ2v) is 4.29. The molecule has 1 aliphatic rings. The van der Waals surface area contributed by atoms with Crippen molar-refractivity contribution in [3.8, 4) is 0 Å². The molecule has 0 saturated heterocycles. The second kappa shape index (κ2) is 3.12. The van der Waals surface area contributed by atoms with Crippen molar-refractivity contribution in [1.82, 2.24) is 0 Å². The van der Waals surface area contributed by atoms with Crippen LogP contribution in [0.15, 0.2) is 24.3 Å². The van der Waals surface area contributed by atoms with Crippen LogP contribution in [0.5, 0.6) is 0 Å². The molecule has 1 saturated carbocycles. The van der Waals surface area contributed by atoms with Crippen LogP contribution in [-0.2, 0) is 10.2 Å². The number of rotatable bonds is 3. The van der Waals surface area contributed by atoms with E-state index in [1.807, 2.05) is 0 Å². The summed E-state index contributed by atoms with van der Waals surface area (Å²) in [6.07, 6.45) is 2.69. The first-order valence-corrected chi connectivity index (χ1v) is 4.98. The zero-order chi connectivity index (χ0) is 10.2. The Balaban J connectivity index is 2.22. The summed E-state index contributed by atoms with van der Waals surface area (Å²) in [6, 6.07) is 8.42. The van der Waals surface area contributed by atoms with Crippen LogP contribution in [0.25, 0.3) is 0 Å². The standard InChI is InChI=1S/C12H15NO/c1-9-2-4-10(5-3-9)12(6-7-12)8-11(13)14/h2-5H,6-8H2,1H3,(H2,13,14). The van der Waals surface area contributed by atoms with Gasteiger partial charge in [0.15, 0.2) is 0 Å². The predicted octanol–water partition coefficient (Wildman–Crippen LogP) is 1.90. The second-order valence-electron chi connectivity index (χ2n) is 4.29. The summed E-state index contributed by atoms with van der Waals surface area (Å²) in [5.41, 5.74) is 7.85. The molecule has 0 heterocycles. The molecule has 1 aromatic rings. The summed E-state index contributed by atoms with van der Waals surface area (Å²) in [5.74, 6) is -0.192. The number of carbonyl (C=O) groups is 1. The lowest BCUT2D eigenvalue weighted by Crippen LogP contribution is -2.19. The number of benzene rings is 1. The van der Waals surface area contributed by atoms with Gasteiger partial charge in [-0.1, -0.05) is 29.8 Å². The van der Waals surface area contributed by atoms with E-state index in [0.29, 0.717) is 6.42 Å². The van der Waals surface area contributed by atoms with Crippen LogP contribution in [0.3, 0.4) is 0 Å². The van der Waals surface area contributed by atoms with Gasteiger partial charge in [-0.15, -0.1) is 0 Å². The molecule has 0 bridgehead atoms. The van der Waals surface area contributed by atoms with E-state index < -0.39 is 0 Å². The maximum absolute atomic E-state index is 10.9. The highest BCUT2D eigenvalue weighted by Gasteiger charge is 2.45. The minimum absolute atomic E-state index is 0.0829. The van der Waals surface area contributed by atoms with Crippen molar-refractivity contribution >= 4 is 5.91 Å². The zero-order valence-corrected chi connectivity index (χ0v) is 8.42. The Morgan fingerprint density at radius 3 is 2.36 bits per heavy atom. The van der Waals surface area contributed by atoms with E-state index in [1.165, 1.54) is 11.1 Å². The van der Waals surface area contributed by atoms with Crippen molar-refractivity contribution in [2.75, 3.05) is 0 Å². The summed E-state index contributed by atoms with van der Waals surface area (Å²) in [7, 11) is 0. The van der Waals surface area contributed by atoms with Crippen molar-refractivity contribution in [2.24, 2.45) is 5.73 Å². The van der Waals surface area contributed by atoms with Crippen molar-refractivity contribution < 1.29 is 4.79 Å². The molecule has 1 aromatic carbocycles. The van der Waals surface area contributed by atoms with Crippen LogP contribution in [0.1, 0.15) is 30.4 Å². The highest BCUT2D eigenvalue weighted by Crippen LogP contribution is 2.50. The molecule has 0 atom stereocenters. The molecule has 1 fully saturated rings. The van der Waals surface area contributed by atoms with E-state index in [9.17, 15) is 4.79 Å². The molecule has 0 unspecified atom stereocenters. The van der Waals surface area contributed by atoms with Gasteiger partial charge in [0.05, 0.1) is 0 Å². The van der Waals surface area contributed by atoms with Crippen LogP contribution in [-0.4, -0.2) is 5.91 Å². The Bertz CT molecular complexity index is 349. The summed E-state index contributed by atoms with van der Waals surface area (Å²) >= 11 is 0. The summed E-state index contributed by atoms with van der Waals surface area (Å²) < 4.78 is 0. The first-order valence-electron chi connectivity index (χ1n) is 4.98. The van der Waals surface area contributed by atoms with Gasteiger partial charge in [-0.05, 0) is 25.3 Å². The lowest BCUT2D eigenvalue weighted by Gasteiger charge is -2.13. The quantitative estimate of drug-likeness (QED) is 0.775. The highest BCUT2D eigenvalue weighted by atomic mass is 16.1. The third-order valence-electron chi connectivity index (χ3n) is 3.03. The minimum Gasteiger partial charge on any atom is -0.370 e. The molecule has 2 N–H and O–H groups in total. The van der Waals surface area contributed by atoms with E-state index in [0.717, 1.165) is 12.8 Å². The van der Waals surface area contributed by atoms with E-state index in [1.54, 1.807) is 0 Å². The van der Waals surface area contributed by atoms with Crippen molar-refractivity contribution in [3.63, 3.8) is 0 Å². The van der Waals surface area contributed by atoms with Crippen molar-refractivity contribution in [1.29, 1.82) is 0 Å². The summed E-state index contributed by atoms with van der Waals surface area (Å²) in [4.78, 5) is 10.9. The van der Waals surface area contributed by atoms with Gasteiger partial charge in [-0.2, -0.15) is 0 Å². The Hall–Kier alpha value is -1.31. The maximum atomic E-state index is 10.9. The summed E-state index contributed by atoms with van der Waals surface area (Å²) in [6.45, 7) is 2.07. The fraction of sp³-hybridized carbons (Fsp3) is 0.417. The van der Waals surface area contributed by atoms with Crippen molar-refractivity contribution in [2.45, 2.75) is 31.6 Å². The number of hydrogen-bond acceptors (Lipinski definition) is 1. The predicted molar refractivity (Wildman–Crippen MR) is 55.9 cm³/mol. The van der Waals surface area contributed by atoms with Gasteiger partial charge in [0.1, 0.15) is 0 Å². The number of primary amides is 1. The fourth-order valence-corrected chi connectivity index (χ4v) is 1.96. The molecular formula is C12H15NO. The van der Waals surface area contributed by atoms with E-state index in [4.69, 9.17) is 5.73 Å². The third-order valence-corrected chi connectivity index (χ3v) is 3.03. The molecule has 1 amide bonds. The SMILES string of the molecule is Cc1ccc(C2(CC(N)=O)CC2)cc1. The smallest absolute Gasteiger partial charge is 0.218 e. The minimum atomic E-state index is -0.192. The van der Waals surface area contributed by atoms with Gasteiger partial charge in [-0.3, -0.25) is 4.79 Å². The molecule has 2 heteroatoms. The third kappa shape index (κ3) is 1.65. The van der Waals surface area contributed by atoms with Gasteiger partial charge in [-0.25, -0.2) is 0 Å². The Morgan fingerprint density at radius 2 is 1.93 bits per heavy atom. The number of carbonyl (C=O) groups excluding carboxylic acids is 1. The van der Waals surface area contributed by atoms with E-state index in [2.05, 4.69) is 31.2 Å². The fourth-order valence-electron chi connectivity index (χ4n) is 1.96. The van der Waals surface area contributed by atoms with Crippen LogP contribution in [0.4, 0.5) is 0 Å². The van der Waals surface area contributed by atoms with Gasteiger partial charge >= 0.3 is 0 Å². The molecule has 0 radical (unpaired) electrons. The zero-order valence-electron chi connectivity index (χ0n) is 8.42. The van der Waals surface area contributed by atoms with E-state index in [-0.39, 0.29) is 11.3 Å². The Morgan fingerprint density at radius 1 is 1.36 bits per heavy atom. The molecular weight excluding hydrogens is 174 g/mol. The van der Waals surface area contributed by atoms with Crippen LogP contribution >= 0.6 is 0 Å². The molecule has 0 aromatic heterocycles. The molecule has 1 aliphatic carbocycles. The number of aryl methyl sites for hydroxylation is 1. The molecule has 74 valence electrons. The molecule has 0 spiro atoms. The van der Waals surface area contributed by atoms with Gasteiger partial charge in [0.25, 0.3) is 0 Å². The average molecular weight is 189 g/mol. The van der Waals surface area contributed by atoms with Crippen LogP contribution in [0, 0.1) is 6.92 Å². The Labute approximate surface area is 84.1 Å². The molecule has 14 heavy (non-hydrogen) atoms. The number of amides is 1. The van der Waals surface area contributed by atoms with Gasteiger partial charge in [0, 0.05) is 11.8 Å². The topological polar surface area (TPSA) is 43.1 Å². The number of hydrogen-bond donors (Lipinski definition) is 1. The first kappa shape index (κ1) is 9.25. The average Bonchev–Trinajstić information content (AvgIpc) is 2.85. The Kier molecular flexibility index (Phi) is 2.06. The summed E-state index contributed by atoms with van der Waals surface area (Å²) in [5, 5.41) is 0. The number of nitrogens with two attached hydrogens (primary N) is 1. The van der Waals surface area contributed by atoms with Gasteiger partial charge in [0.2, 0.25) is 5.91 Å². The molecule has 2 nitrogen and oxygen atoms in total. The van der Waals surface area contributed by atoms with Crippen LogP contribution in [0.2, 0.25) is 0 Å². The maximum Gasteiger partial charge on any atom is 0.218 e. The highest BCUT2D eigenvalue weighted by molar-refractivity contribution is 5.76. The van der Waals surface area contributed by atoms with E-state index >= 15 is 0 Å². The monoisotopic (exact) mass is 189 g/mol. The molecule has 0 aliphatic heterocycles. The largest absolute Gasteiger partial charge is 0.370 e. The molecule has 2 rings (SSSR count). The van der Waals surface area contributed by atoms with Crippen LogP contribution < -0.4 is 5.73 Å². The van der Waals surface area contributed by atoms with Crippen molar-refractivity contribution in [3.05, 3.63) is 35.4 Å². The van der Waals surface area contributed by atoms with Gasteiger partial charge < -0.3 is 5.73 Å². The normalized spacial score (nSPS) is 17.8. The lowest BCUT2D eigenvalue weighted by atomic mass is 9.91.